The first-order valence-corrected chi connectivity index (χ1v) is 6.80. The van der Waals surface area contributed by atoms with Gasteiger partial charge in [-0.15, -0.1) is 0 Å². The van der Waals surface area contributed by atoms with Gasteiger partial charge in [0.25, 0.3) is 0 Å². The third-order valence-electron chi connectivity index (χ3n) is 2.81. The molecular weight excluding hydrogens is 339 g/mol. The summed E-state index contributed by atoms with van der Waals surface area (Å²) in [7, 11) is 0. The van der Waals surface area contributed by atoms with Gasteiger partial charge >= 0.3 is 5.97 Å². The van der Waals surface area contributed by atoms with Crippen LogP contribution in [0.25, 0.3) is 0 Å². The molecule has 2 rings (SSSR count). The van der Waals surface area contributed by atoms with Gasteiger partial charge in [0, 0.05) is 3.57 Å². The van der Waals surface area contributed by atoms with Gasteiger partial charge in [-0.25, -0.2) is 4.79 Å². The fraction of sp³-hybridized carbons (Fsp3) is 0.133. The maximum Gasteiger partial charge on any atom is 0.336 e. The van der Waals surface area contributed by atoms with Crippen molar-refractivity contribution < 1.29 is 9.90 Å². The smallest absolute Gasteiger partial charge is 0.336 e. The number of aryl methyl sites for hydroxylation is 2. The highest BCUT2D eigenvalue weighted by Crippen LogP contribution is 2.16. The predicted octanol–water partition coefficient (Wildman–Crippen LogP) is 3.77. The zero-order valence-electron chi connectivity index (χ0n) is 9.77. The molecule has 0 bridgehead atoms. The summed E-state index contributed by atoms with van der Waals surface area (Å²) in [6.07, 6.45) is 1.91. The first kappa shape index (κ1) is 13.1. The summed E-state index contributed by atoms with van der Waals surface area (Å²) in [6.45, 7) is 0. The second kappa shape index (κ2) is 6.00. The minimum Gasteiger partial charge on any atom is -0.478 e. The quantitative estimate of drug-likeness (QED) is 0.851. The van der Waals surface area contributed by atoms with E-state index in [0.717, 1.165) is 16.4 Å². The van der Waals surface area contributed by atoms with Crippen molar-refractivity contribution in [2.75, 3.05) is 0 Å². The van der Waals surface area contributed by atoms with Gasteiger partial charge in [0.1, 0.15) is 0 Å². The molecule has 0 aromatic heterocycles. The number of hydrogen-bond donors (Lipinski definition) is 1. The van der Waals surface area contributed by atoms with Gasteiger partial charge in [-0.1, -0.05) is 36.4 Å². The molecule has 0 heterocycles. The van der Waals surface area contributed by atoms with Gasteiger partial charge in [0.2, 0.25) is 0 Å². The van der Waals surface area contributed by atoms with Gasteiger partial charge in [0.05, 0.1) is 5.56 Å². The van der Waals surface area contributed by atoms with E-state index in [4.69, 9.17) is 5.11 Å². The lowest BCUT2D eigenvalue weighted by Gasteiger charge is -2.05. The molecule has 92 valence electrons. The Hall–Kier alpha value is -1.36. The van der Waals surface area contributed by atoms with E-state index in [-0.39, 0.29) is 0 Å². The van der Waals surface area contributed by atoms with Crippen LogP contribution >= 0.6 is 22.6 Å². The van der Waals surface area contributed by atoms with Gasteiger partial charge in [0.15, 0.2) is 0 Å². The lowest BCUT2D eigenvalue weighted by molar-refractivity contribution is 0.0695. The zero-order chi connectivity index (χ0) is 13.0. The number of aromatic carboxylic acids is 1. The summed E-state index contributed by atoms with van der Waals surface area (Å²) in [5, 5.41) is 8.96. The summed E-state index contributed by atoms with van der Waals surface area (Å²) in [4.78, 5) is 10.9. The highest BCUT2D eigenvalue weighted by molar-refractivity contribution is 14.1. The van der Waals surface area contributed by atoms with E-state index >= 15 is 0 Å². The molecule has 0 aliphatic rings. The van der Waals surface area contributed by atoms with Crippen molar-refractivity contribution in [2.45, 2.75) is 12.8 Å². The van der Waals surface area contributed by atoms with Crippen molar-refractivity contribution in [3.8, 4) is 0 Å². The van der Waals surface area contributed by atoms with Crippen LogP contribution in [0, 0.1) is 3.57 Å². The van der Waals surface area contributed by atoms with E-state index in [0.29, 0.717) is 5.56 Å². The molecule has 18 heavy (non-hydrogen) atoms. The summed E-state index contributed by atoms with van der Waals surface area (Å²) in [6, 6.07) is 15.8. The first-order chi connectivity index (χ1) is 8.66. The van der Waals surface area contributed by atoms with Crippen LogP contribution in [0.5, 0.6) is 0 Å². The monoisotopic (exact) mass is 352 g/mol. The molecule has 0 saturated carbocycles. The Morgan fingerprint density at radius 3 is 2.28 bits per heavy atom. The Bertz CT molecular complexity index is 550. The van der Waals surface area contributed by atoms with Gasteiger partial charge in [-0.05, 0) is 58.7 Å². The van der Waals surface area contributed by atoms with E-state index in [1.807, 2.05) is 30.3 Å². The van der Waals surface area contributed by atoms with Crippen LogP contribution in [0.4, 0.5) is 0 Å². The SMILES string of the molecule is O=C(O)c1ccc(CCc2ccccc2)cc1I. The summed E-state index contributed by atoms with van der Waals surface area (Å²) < 4.78 is 0.797. The van der Waals surface area contributed by atoms with Crippen molar-refractivity contribution in [2.24, 2.45) is 0 Å². The first-order valence-electron chi connectivity index (χ1n) is 5.72. The third-order valence-corrected chi connectivity index (χ3v) is 3.70. The Labute approximate surface area is 120 Å². The molecule has 0 fully saturated rings. The second-order valence-electron chi connectivity index (χ2n) is 4.10. The second-order valence-corrected chi connectivity index (χ2v) is 5.27. The maximum absolute atomic E-state index is 10.9. The topological polar surface area (TPSA) is 37.3 Å². The van der Waals surface area contributed by atoms with E-state index < -0.39 is 5.97 Å². The molecule has 0 aliphatic heterocycles. The number of rotatable bonds is 4. The number of carboxylic acid groups (broad SMARTS) is 1. The summed E-state index contributed by atoms with van der Waals surface area (Å²) in [5.74, 6) is -0.867. The van der Waals surface area contributed by atoms with Crippen molar-refractivity contribution in [3.63, 3.8) is 0 Å². The molecule has 0 saturated heterocycles. The molecule has 1 N–H and O–H groups in total. The highest BCUT2D eigenvalue weighted by atomic mass is 127. The molecule has 3 heteroatoms. The van der Waals surface area contributed by atoms with Gasteiger partial charge < -0.3 is 5.11 Å². The number of carboxylic acids is 1. The van der Waals surface area contributed by atoms with E-state index in [9.17, 15) is 4.79 Å². The van der Waals surface area contributed by atoms with Crippen LogP contribution in [-0.4, -0.2) is 11.1 Å². The summed E-state index contributed by atoms with van der Waals surface area (Å²) in [5.41, 5.74) is 2.85. The molecule has 0 aliphatic carbocycles. The van der Waals surface area contributed by atoms with Gasteiger partial charge in [-0.3, -0.25) is 0 Å². The van der Waals surface area contributed by atoms with Crippen LogP contribution in [0.15, 0.2) is 48.5 Å². The number of hydrogen-bond acceptors (Lipinski definition) is 1. The molecular formula is C15H13IO2. The fourth-order valence-electron chi connectivity index (χ4n) is 1.82. The predicted molar refractivity (Wildman–Crippen MR) is 80.0 cm³/mol. The minimum absolute atomic E-state index is 0.374. The fourth-order valence-corrected chi connectivity index (χ4v) is 2.63. The summed E-state index contributed by atoms with van der Waals surface area (Å²) >= 11 is 2.07. The largest absolute Gasteiger partial charge is 0.478 e. The average Bonchev–Trinajstić information content (AvgIpc) is 2.37. The van der Waals surface area contributed by atoms with Crippen molar-refractivity contribution in [1.82, 2.24) is 0 Å². The third kappa shape index (κ3) is 3.32. The minimum atomic E-state index is -0.867. The molecule has 0 unspecified atom stereocenters. The van der Waals surface area contributed by atoms with Crippen LogP contribution in [-0.2, 0) is 12.8 Å². The van der Waals surface area contributed by atoms with Crippen molar-refractivity contribution >= 4 is 28.6 Å². The van der Waals surface area contributed by atoms with E-state index in [2.05, 4.69) is 34.7 Å². The Kier molecular flexibility index (Phi) is 4.36. The molecule has 2 aromatic carbocycles. The molecule has 0 atom stereocenters. The van der Waals surface area contributed by atoms with Crippen molar-refractivity contribution in [1.29, 1.82) is 0 Å². The van der Waals surface area contributed by atoms with E-state index in [1.165, 1.54) is 11.1 Å². The molecule has 2 aromatic rings. The molecule has 0 spiro atoms. The maximum atomic E-state index is 10.9. The van der Waals surface area contributed by atoms with Crippen LogP contribution in [0.3, 0.4) is 0 Å². The lowest BCUT2D eigenvalue weighted by Crippen LogP contribution is -2.01. The molecule has 0 radical (unpaired) electrons. The van der Waals surface area contributed by atoms with Gasteiger partial charge in [-0.2, -0.15) is 0 Å². The Morgan fingerprint density at radius 1 is 1.00 bits per heavy atom. The van der Waals surface area contributed by atoms with E-state index in [1.54, 1.807) is 6.07 Å². The standard InChI is InChI=1S/C15H13IO2/c16-14-10-12(8-9-13(14)15(17)18)7-6-11-4-2-1-3-5-11/h1-5,8-10H,6-7H2,(H,17,18). The average molecular weight is 352 g/mol. The number of benzene rings is 2. The Morgan fingerprint density at radius 2 is 1.67 bits per heavy atom. The highest BCUT2D eigenvalue weighted by Gasteiger charge is 2.08. The molecule has 0 amide bonds. The zero-order valence-corrected chi connectivity index (χ0v) is 11.9. The number of carbonyl (C=O) groups is 1. The Balaban J connectivity index is 2.07. The normalized spacial score (nSPS) is 10.3. The lowest BCUT2D eigenvalue weighted by atomic mass is 10.0. The van der Waals surface area contributed by atoms with Crippen LogP contribution in [0.1, 0.15) is 21.5 Å². The number of halogens is 1. The van der Waals surface area contributed by atoms with Crippen LogP contribution < -0.4 is 0 Å². The molecule has 2 nitrogen and oxygen atoms in total. The van der Waals surface area contributed by atoms with Crippen LogP contribution in [0.2, 0.25) is 0 Å². The van der Waals surface area contributed by atoms with Crippen molar-refractivity contribution in [3.05, 3.63) is 68.8 Å².